The third kappa shape index (κ3) is 8.30. The number of nitrogens with one attached hydrogen (secondary N) is 1. The highest BCUT2D eigenvalue weighted by molar-refractivity contribution is 6.31. The summed E-state index contributed by atoms with van der Waals surface area (Å²) >= 11 is 6.07. The molecule has 0 aliphatic carbocycles. The first-order chi connectivity index (χ1) is 17.5. The minimum atomic E-state index is -0.690. The van der Waals surface area contributed by atoms with E-state index in [9.17, 15) is 9.90 Å². The summed E-state index contributed by atoms with van der Waals surface area (Å²) in [7, 11) is 2.94. The molecule has 3 aromatic carbocycles. The molecule has 1 atom stereocenters. The van der Waals surface area contributed by atoms with Gasteiger partial charge in [-0.3, -0.25) is 0 Å². The van der Waals surface area contributed by atoms with Crippen LogP contribution < -0.4 is 19.5 Å². The molecule has 7 nitrogen and oxygen atoms in total. The van der Waals surface area contributed by atoms with E-state index in [1.807, 2.05) is 36.4 Å². The Bertz CT molecular complexity index is 1150. The number of aliphatic hydroxyl groups excluding tert-OH is 1. The lowest BCUT2D eigenvalue weighted by Crippen LogP contribution is -2.33. The Morgan fingerprint density at radius 2 is 1.75 bits per heavy atom. The van der Waals surface area contributed by atoms with Crippen molar-refractivity contribution in [1.82, 2.24) is 5.32 Å². The fourth-order valence-electron chi connectivity index (χ4n) is 3.34. The molecule has 2 N–H and O–H groups in total. The number of ether oxygens (including phenoxy) is 4. The Labute approximate surface area is 216 Å². The number of carbonyl (C=O) groups excluding carboxylic acids is 1. The van der Waals surface area contributed by atoms with Gasteiger partial charge in [0, 0.05) is 18.1 Å². The second-order valence-electron chi connectivity index (χ2n) is 7.80. The molecule has 0 aliphatic rings. The summed E-state index contributed by atoms with van der Waals surface area (Å²) in [4.78, 5) is 12.3. The second kappa shape index (κ2) is 14.1. The van der Waals surface area contributed by atoms with Crippen molar-refractivity contribution >= 4 is 29.2 Å². The molecule has 1 unspecified atom stereocenters. The van der Waals surface area contributed by atoms with Gasteiger partial charge in [0.25, 0.3) is 0 Å². The number of aliphatic hydroxyl groups is 1. The number of hydrogen-bond donors (Lipinski definition) is 2. The largest absolute Gasteiger partial charge is 0.493 e. The van der Waals surface area contributed by atoms with Gasteiger partial charge in [-0.15, -0.1) is 0 Å². The zero-order valence-electron chi connectivity index (χ0n) is 20.3. The molecule has 0 aromatic heterocycles. The van der Waals surface area contributed by atoms with Crippen molar-refractivity contribution in [2.24, 2.45) is 0 Å². The van der Waals surface area contributed by atoms with Gasteiger partial charge in [0.05, 0.1) is 19.8 Å². The molecule has 8 heteroatoms. The van der Waals surface area contributed by atoms with Crippen molar-refractivity contribution in [2.75, 3.05) is 40.5 Å². The average Bonchev–Trinajstić information content (AvgIpc) is 2.90. The van der Waals surface area contributed by atoms with E-state index in [1.54, 1.807) is 49.6 Å². The minimum Gasteiger partial charge on any atom is -0.493 e. The molecule has 0 aliphatic heterocycles. The molecule has 0 fully saturated rings. The van der Waals surface area contributed by atoms with Gasteiger partial charge in [-0.1, -0.05) is 48.0 Å². The fourth-order valence-corrected chi connectivity index (χ4v) is 3.53. The fraction of sp³-hybridized carbons (Fsp3) is 0.250. The van der Waals surface area contributed by atoms with E-state index in [0.717, 1.165) is 5.56 Å². The highest BCUT2D eigenvalue weighted by Gasteiger charge is 2.13. The molecule has 0 spiro atoms. The first-order valence-corrected chi connectivity index (χ1v) is 11.8. The van der Waals surface area contributed by atoms with E-state index in [0.29, 0.717) is 53.1 Å². The highest BCUT2D eigenvalue weighted by Crippen LogP contribution is 2.26. The Morgan fingerprint density at radius 3 is 2.44 bits per heavy atom. The minimum absolute atomic E-state index is 0.130. The predicted molar refractivity (Wildman–Crippen MR) is 141 cm³/mol. The number of methoxy groups -OCH3 is 2. The third-order valence-corrected chi connectivity index (χ3v) is 5.39. The summed E-state index contributed by atoms with van der Waals surface area (Å²) in [5.74, 6) is 1.50. The van der Waals surface area contributed by atoms with Gasteiger partial charge in [-0.05, 0) is 53.6 Å². The summed E-state index contributed by atoms with van der Waals surface area (Å²) in [6.45, 7) is 1.49. The normalized spacial score (nSPS) is 12.1. The van der Waals surface area contributed by atoms with Gasteiger partial charge in [0.2, 0.25) is 0 Å². The standard InChI is InChI=1S/C28H30ClNO6/c1-33-26-8-3-4-9-27(26)35-15-14-30-18-23(31)19-36-24-12-10-20(11-13-24)16-25(28(32)34-2)21-6-5-7-22(29)17-21/h3-13,16-17,23,30-31H,14-15,18-19H2,1-2H3/b25-16+. The maximum absolute atomic E-state index is 12.3. The Kier molecular flexibility index (Phi) is 10.6. The number of carbonyl (C=O) groups is 1. The second-order valence-corrected chi connectivity index (χ2v) is 8.23. The Hall–Kier alpha value is -3.52. The van der Waals surface area contributed by atoms with Gasteiger partial charge in [-0.25, -0.2) is 4.79 Å². The van der Waals surface area contributed by atoms with Crippen molar-refractivity contribution in [3.63, 3.8) is 0 Å². The van der Waals surface area contributed by atoms with Gasteiger partial charge < -0.3 is 29.4 Å². The molecule has 3 aromatic rings. The predicted octanol–water partition coefficient (Wildman–Crippen LogP) is 4.47. The summed E-state index contributed by atoms with van der Waals surface area (Å²) < 4.78 is 21.6. The lowest BCUT2D eigenvalue weighted by Gasteiger charge is -2.14. The molecule has 3 rings (SSSR count). The summed E-state index contributed by atoms with van der Waals surface area (Å²) in [6, 6.07) is 21.7. The van der Waals surface area contributed by atoms with Crippen LogP contribution in [0.4, 0.5) is 0 Å². The Morgan fingerprint density at radius 1 is 1.00 bits per heavy atom. The van der Waals surface area contributed by atoms with Crippen LogP contribution in [0.2, 0.25) is 5.02 Å². The molecule has 0 amide bonds. The van der Waals surface area contributed by atoms with Crippen LogP contribution in [0.3, 0.4) is 0 Å². The molecule has 0 saturated carbocycles. The van der Waals surface area contributed by atoms with Crippen LogP contribution in [0.15, 0.2) is 72.8 Å². The first kappa shape index (κ1) is 27.1. The zero-order valence-corrected chi connectivity index (χ0v) is 21.0. The van der Waals surface area contributed by atoms with E-state index in [-0.39, 0.29) is 6.61 Å². The number of halogens is 1. The molecule has 0 bridgehead atoms. The Balaban J connectivity index is 1.45. The summed E-state index contributed by atoms with van der Waals surface area (Å²) in [6.07, 6.45) is 1.04. The van der Waals surface area contributed by atoms with E-state index in [1.165, 1.54) is 7.11 Å². The summed E-state index contributed by atoms with van der Waals surface area (Å²) in [5, 5.41) is 13.9. The lowest BCUT2D eigenvalue weighted by atomic mass is 10.0. The topological polar surface area (TPSA) is 86.3 Å². The van der Waals surface area contributed by atoms with Crippen LogP contribution in [0.1, 0.15) is 11.1 Å². The highest BCUT2D eigenvalue weighted by atomic mass is 35.5. The van der Waals surface area contributed by atoms with Crippen molar-refractivity contribution in [1.29, 1.82) is 0 Å². The molecule has 0 saturated heterocycles. The average molecular weight is 512 g/mol. The number of hydrogen-bond acceptors (Lipinski definition) is 7. The van der Waals surface area contributed by atoms with E-state index in [2.05, 4.69) is 5.32 Å². The van der Waals surface area contributed by atoms with Crippen LogP contribution in [0.5, 0.6) is 17.2 Å². The number of esters is 1. The van der Waals surface area contributed by atoms with Gasteiger partial charge in [-0.2, -0.15) is 0 Å². The maximum atomic E-state index is 12.3. The van der Waals surface area contributed by atoms with Crippen molar-refractivity contribution in [3.05, 3.63) is 88.9 Å². The van der Waals surface area contributed by atoms with Gasteiger partial charge >= 0.3 is 5.97 Å². The van der Waals surface area contributed by atoms with Gasteiger partial charge in [0.15, 0.2) is 11.5 Å². The lowest BCUT2D eigenvalue weighted by molar-refractivity contribution is -0.133. The third-order valence-electron chi connectivity index (χ3n) is 5.16. The zero-order chi connectivity index (χ0) is 25.8. The van der Waals surface area contributed by atoms with Gasteiger partial charge in [0.1, 0.15) is 25.1 Å². The van der Waals surface area contributed by atoms with Crippen LogP contribution in [-0.2, 0) is 9.53 Å². The first-order valence-electron chi connectivity index (χ1n) is 11.4. The van der Waals surface area contributed by atoms with Crippen molar-refractivity contribution in [3.8, 4) is 17.2 Å². The van der Waals surface area contributed by atoms with E-state index in [4.69, 9.17) is 30.5 Å². The van der Waals surface area contributed by atoms with Crippen molar-refractivity contribution in [2.45, 2.75) is 6.10 Å². The SMILES string of the molecule is COC(=O)/C(=C/c1ccc(OCC(O)CNCCOc2ccccc2OC)cc1)c1cccc(Cl)c1. The van der Waals surface area contributed by atoms with Crippen LogP contribution in [0, 0.1) is 0 Å². The molecule has 190 valence electrons. The number of para-hydroxylation sites is 2. The van der Waals surface area contributed by atoms with Crippen LogP contribution >= 0.6 is 11.6 Å². The molecular weight excluding hydrogens is 482 g/mol. The van der Waals surface area contributed by atoms with Crippen LogP contribution in [0.25, 0.3) is 11.6 Å². The number of rotatable bonds is 13. The smallest absolute Gasteiger partial charge is 0.338 e. The quantitative estimate of drug-likeness (QED) is 0.151. The maximum Gasteiger partial charge on any atom is 0.338 e. The molecule has 0 radical (unpaired) electrons. The molecular formula is C28H30ClNO6. The monoisotopic (exact) mass is 511 g/mol. The molecule has 36 heavy (non-hydrogen) atoms. The molecule has 0 heterocycles. The van der Waals surface area contributed by atoms with E-state index >= 15 is 0 Å². The van der Waals surface area contributed by atoms with Crippen LogP contribution in [-0.4, -0.2) is 57.7 Å². The summed E-state index contributed by atoms with van der Waals surface area (Å²) in [5.41, 5.74) is 1.85. The van der Waals surface area contributed by atoms with Crippen molar-refractivity contribution < 1.29 is 28.8 Å². The number of benzene rings is 3. The van der Waals surface area contributed by atoms with E-state index < -0.39 is 12.1 Å².